The molecule has 5 nitrogen and oxygen atoms in total. The van der Waals surface area contributed by atoms with E-state index in [9.17, 15) is 0 Å². The molecule has 2 rings (SSSR count). The summed E-state index contributed by atoms with van der Waals surface area (Å²) in [4.78, 5) is 0. The first kappa shape index (κ1) is 12.0. The van der Waals surface area contributed by atoms with Gasteiger partial charge in [-0.15, -0.1) is 11.8 Å². The fourth-order valence-electron chi connectivity index (χ4n) is 1.96. The molecule has 0 unspecified atom stereocenters. The summed E-state index contributed by atoms with van der Waals surface area (Å²) in [5.74, 6) is -0.609. The maximum Gasteiger partial charge on any atom is 0.256 e. The lowest BCUT2D eigenvalue weighted by Crippen LogP contribution is -2.35. The fourth-order valence-corrected chi connectivity index (χ4v) is 4.30. The third-order valence-corrected chi connectivity index (χ3v) is 5.06. The van der Waals surface area contributed by atoms with Crippen molar-refractivity contribution in [1.82, 2.24) is 0 Å². The highest BCUT2D eigenvalue weighted by Gasteiger charge is 2.67. The van der Waals surface area contributed by atoms with E-state index in [0.29, 0.717) is 4.48 Å². The van der Waals surface area contributed by atoms with Gasteiger partial charge in [0.15, 0.2) is 0 Å². The van der Waals surface area contributed by atoms with Crippen LogP contribution in [0.15, 0.2) is 9.89 Å². The SMILES string of the molecule is N#CC1(C#N)OC(C#N)(C#N)[C@H]2C(Br)=CS[C@H]21. The molecule has 2 aliphatic heterocycles. The number of nitrogens with zero attached hydrogens (tertiary/aromatic N) is 4. The van der Waals surface area contributed by atoms with Gasteiger partial charge in [-0.1, -0.05) is 15.9 Å². The van der Waals surface area contributed by atoms with Crippen molar-refractivity contribution in [2.75, 3.05) is 0 Å². The molecular weight excluding hydrogens is 304 g/mol. The molecule has 17 heavy (non-hydrogen) atoms. The van der Waals surface area contributed by atoms with Crippen LogP contribution in [0.4, 0.5) is 0 Å². The minimum absolute atomic E-state index is 0.564. The van der Waals surface area contributed by atoms with E-state index in [1.807, 2.05) is 0 Å². The number of thioether (sulfide) groups is 1. The van der Waals surface area contributed by atoms with E-state index in [1.165, 1.54) is 11.8 Å². The summed E-state index contributed by atoms with van der Waals surface area (Å²) in [5, 5.41) is 37.6. The minimum atomic E-state index is -1.78. The van der Waals surface area contributed by atoms with Crippen LogP contribution in [0.2, 0.25) is 0 Å². The van der Waals surface area contributed by atoms with Crippen LogP contribution in [0.25, 0.3) is 0 Å². The second-order valence-electron chi connectivity index (χ2n) is 3.56. The van der Waals surface area contributed by atoms with Gasteiger partial charge in [-0.3, -0.25) is 0 Å². The molecule has 0 aromatic heterocycles. The Morgan fingerprint density at radius 2 is 1.65 bits per heavy atom. The number of nitriles is 4. The van der Waals surface area contributed by atoms with Crippen molar-refractivity contribution in [1.29, 1.82) is 21.0 Å². The normalized spacial score (nSPS) is 31.2. The largest absolute Gasteiger partial charge is 0.311 e. The molecule has 2 heterocycles. The quantitative estimate of drug-likeness (QED) is 0.672. The molecule has 2 atom stereocenters. The topological polar surface area (TPSA) is 104 Å². The van der Waals surface area contributed by atoms with Crippen molar-refractivity contribution in [3.8, 4) is 24.3 Å². The van der Waals surface area contributed by atoms with Gasteiger partial charge in [0.1, 0.15) is 24.3 Å². The minimum Gasteiger partial charge on any atom is -0.311 e. The molecule has 0 radical (unpaired) electrons. The highest BCUT2D eigenvalue weighted by molar-refractivity contribution is 9.11. The molecule has 0 spiro atoms. The maximum absolute atomic E-state index is 9.13. The summed E-state index contributed by atoms with van der Waals surface area (Å²) in [6.07, 6.45) is 0. The first-order valence-electron chi connectivity index (χ1n) is 4.45. The lowest BCUT2D eigenvalue weighted by molar-refractivity contribution is 0.0152. The Bertz CT molecular complexity index is 545. The summed E-state index contributed by atoms with van der Waals surface area (Å²) in [6, 6.07) is 7.13. The first-order valence-corrected chi connectivity index (χ1v) is 6.19. The van der Waals surface area contributed by atoms with Gasteiger partial charge in [0.2, 0.25) is 0 Å². The van der Waals surface area contributed by atoms with Gasteiger partial charge in [-0.05, 0) is 5.41 Å². The molecule has 82 valence electrons. The van der Waals surface area contributed by atoms with E-state index in [-0.39, 0.29) is 0 Å². The molecule has 0 bridgehead atoms. The smallest absolute Gasteiger partial charge is 0.256 e. The van der Waals surface area contributed by atoms with E-state index >= 15 is 0 Å². The summed E-state index contributed by atoms with van der Waals surface area (Å²) < 4.78 is 5.85. The van der Waals surface area contributed by atoms with Gasteiger partial charge in [-0.25, -0.2) is 0 Å². The number of fused-ring (bicyclic) bond motifs is 1. The van der Waals surface area contributed by atoms with Gasteiger partial charge in [-0.2, -0.15) is 21.0 Å². The average Bonchev–Trinajstić information content (AvgIpc) is 2.88. The Hall–Kier alpha value is -1.51. The monoisotopic (exact) mass is 306 g/mol. The van der Waals surface area contributed by atoms with Crippen molar-refractivity contribution in [3.05, 3.63) is 9.89 Å². The van der Waals surface area contributed by atoms with Crippen molar-refractivity contribution in [2.24, 2.45) is 5.92 Å². The van der Waals surface area contributed by atoms with E-state index in [2.05, 4.69) is 15.9 Å². The summed E-state index contributed by atoms with van der Waals surface area (Å²) in [5.41, 5.74) is -3.54. The predicted molar refractivity (Wildman–Crippen MR) is 60.9 cm³/mol. The van der Waals surface area contributed by atoms with Crippen LogP contribution in [-0.4, -0.2) is 16.5 Å². The van der Waals surface area contributed by atoms with Crippen LogP contribution in [0, 0.1) is 51.2 Å². The lowest BCUT2D eigenvalue weighted by atomic mass is 9.86. The van der Waals surface area contributed by atoms with E-state index in [0.717, 1.165) is 0 Å². The van der Waals surface area contributed by atoms with Crippen LogP contribution >= 0.6 is 27.7 Å². The molecule has 2 aliphatic rings. The lowest BCUT2D eigenvalue weighted by Gasteiger charge is -2.18. The van der Waals surface area contributed by atoms with Gasteiger partial charge < -0.3 is 4.74 Å². The Balaban J connectivity index is 2.62. The Kier molecular flexibility index (Phi) is 2.64. The van der Waals surface area contributed by atoms with Crippen LogP contribution in [0.1, 0.15) is 0 Å². The molecule has 0 N–H and O–H groups in total. The second-order valence-corrected chi connectivity index (χ2v) is 5.49. The number of halogens is 1. The van der Waals surface area contributed by atoms with Gasteiger partial charge in [0.05, 0.1) is 11.2 Å². The zero-order valence-corrected chi connectivity index (χ0v) is 10.6. The van der Waals surface area contributed by atoms with Crippen molar-refractivity contribution >= 4 is 27.7 Å². The van der Waals surface area contributed by atoms with Crippen LogP contribution < -0.4 is 0 Å². The highest BCUT2D eigenvalue weighted by atomic mass is 79.9. The molecule has 0 saturated carbocycles. The van der Waals surface area contributed by atoms with Crippen molar-refractivity contribution in [2.45, 2.75) is 16.5 Å². The summed E-state index contributed by atoms with van der Waals surface area (Å²) in [6.45, 7) is 0. The van der Waals surface area contributed by atoms with Crippen molar-refractivity contribution in [3.63, 3.8) is 0 Å². The van der Waals surface area contributed by atoms with Crippen LogP contribution in [0.3, 0.4) is 0 Å². The van der Waals surface area contributed by atoms with Gasteiger partial charge >= 0.3 is 0 Å². The molecule has 0 aromatic rings. The highest BCUT2D eigenvalue weighted by Crippen LogP contribution is 2.56. The average molecular weight is 307 g/mol. The predicted octanol–water partition coefficient (Wildman–Crippen LogP) is 1.56. The zero-order chi connectivity index (χ0) is 12.7. The molecule has 0 amide bonds. The molecular formula is C10H3BrN4OS. The van der Waals surface area contributed by atoms with E-state index < -0.39 is 22.4 Å². The second kappa shape index (κ2) is 3.76. The molecule has 1 fully saturated rings. The number of hydrogen-bond donors (Lipinski definition) is 0. The Labute approximate surface area is 110 Å². The molecule has 7 heteroatoms. The van der Waals surface area contributed by atoms with Crippen LogP contribution in [-0.2, 0) is 4.74 Å². The standard InChI is InChI=1S/C10H3BrN4OS/c11-6-1-17-8-7(6)9(2-12,3-13)16-10(8,4-14)5-15/h1,7-8H/t7-,8+/m0/s1. The van der Waals surface area contributed by atoms with Crippen molar-refractivity contribution < 1.29 is 4.74 Å². The third-order valence-electron chi connectivity index (χ3n) is 2.75. The third kappa shape index (κ3) is 1.31. The number of rotatable bonds is 0. The van der Waals surface area contributed by atoms with Gasteiger partial charge in [0.25, 0.3) is 11.2 Å². The molecule has 0 aromatic carbocycles. The molecule has 1 saturated heterocycles. The Morgan fingerprint density at radius 1 is 1.12 bits per heavy atom. The summed E-state index contributed by atoms with van der Waals surface area (Å²) >= 11 is 4.48. The number of hydrogen-bond acceptors (Lipinski definition) is 6. The Morgan fingerprint density at radius 3 is 2.12 bits per heavy atom. The van der Waals surface area contributed by atoms with E-state index in [1.54, 1.807) is 29.7 Å². The maximum atomic E-state index is 9.13. The first-order chi connectivity index (χ1) is 8.09. The van der Waals surface area contributed by atoms with Crippen LogP contribution in [0.5, 0.6) is 0 Å². The zero-order valence-electron chi connectivity index (χ0n) is 8.22. The van der Waals surface area contributed by atoms with Gasteiger partial charge in [0, 0.05) is 4.48 Å². The fraction of sp³-hybridized carbons (Fsp3) is 0.400. The van der Waals surface area contributed by atoms with E-state index in [4.69, 9.17) is 25.8 Å². The number of ether oxygens (including phenoxy) is 1. The summed E-state index contributed by atoms with van der Waals surface area (Å²) in [7, 11) is 0. The molecule has 0 aliphatic carbocycles.